The zero-order chi connectivity index (χ0) is 13.8. The molecular weight excluding hydrogens is 427 g/mol. The van der Waals surface area contributed by atoms with Gasteiger partial charge in [-0.1, -0.05) is 0 Å². The van der Waals surface area contributed by atoms with Crippen LogP contribution in [0.25, 0.3) is 0 Å². The molecule has 2 aromatic rings. The molecule has 0 fully saturated rings. The van der Waals surface area contributed by atoms with E-state index in [0.717, 1.165) is 0 Å². The second-order valence-electron chi connectivity index (χ2n) is 5.26. The third kappa shape index (κ3) is 4.13. The van der Waals surface area contributed by atoms with Crippen molar-refractivity contribution >= 4 is 28.3 Å². The molecule has 19 heavy (non-hydrogen) atoms. The third-order valence-electron chi connectivity index (χ3n) is 3.16. The number of benzene rings is 2. The topological polar surface area (TPSA) is 26.0 Å². The van der Waals surface area contributed by atoms with Crippen LogP contribution in [0.3, 0.4) is 0 Å². The first-order chi connectivity index (χ1) is 9.06. The molecule has 1 nitrogen and oxygen atoms in total. The summed E-state index contributed by atoms with van der Waals surface area (Å²) in [7, 11) is 0. The molecule has 0 bridgehead atoms. The summed E-state index contributed by atoms with van der Waals surface area (Å²) >= 11 is -1.90. The molecule has 0 heterocycles. The predicted molar refractivity (Wildman–Crippen MR) is 85.8 cm³/mol. The van der Waals surface area contributed by atoms with E-state index in [9.17, 15) is 0 Å². The monoisotopic (exact) mass is 449 g/mol. The van der Waals surface area contributed by atoms with Crippen molar-refractivity contribution in [1.29, 1.82) is 0 Å². The van der Waals surface area contributed by atoms with Gasteiger partial charge >= 0.3 is 125 Å². The molecule has 2 aromatic carbocycles. The van der Waals surface area contributed by atoms with Crippen LogP contribution in [0.5, 0.6) is 0 Å². The molecular formula is C17H22BiN. The maximum atomic E-state index is 6.08. The fraction of sp³-hybridized carbons (Fsp3) is 0.294. The van der Waals surface area contributed by atoms with Crippen molar-refractivity contribution in [3.63, 3.8) is 0 Å². The van der Waals surface area contributed by atoms with Gasteiger partial charge in [-0.15, -0.1) is 0 Å². The van der Waals surface area contributed by atoms with Gasteiger partial charge in [0.1, 0.15) is 0 Å². The normalized spacial score (nSPS) is 12.7. The van der Waals surface area contributed by atoms with E-state index < -0.39 is 21.8 Å². The van der Waals surface area contributed by atoms with Gasteiger partial charge < -0.3 is 0 Å². The van der Waals surface area contributed by atoms with E-state index in [1.54, 1.807) is 6.54 Å². The number of aryl methyl sites for hydroxylation is 2. The molecule has 0 aliphatic heterocycles. The van der Waals surface area contributed by atoms with Crippen LogP contribution in [-0.2, 0) is 0 Å². The Hall–Kier alpha value is -0.717. The molecule has 0 spiro atoms. The van der Waals surface area contributed by atoms with Crippen LogP contribution < -0.4 is 12.3 Å². The van der Waals surface area contributed by atoms with E-state index in [0.29, 0.717) is 6.04 Å². The second-order valence-corrected chi connectivity index (χ2v) is 14.0. The van der Waals surface area contributed by atoms with Gasteiger partial charge in [-0.3, -0.25) is 0 Å². The average Bonchev–Trinajstić information content (AvgIpc) is 2.38. The van der Waals surface area contributed by atoms with Crippen LogP contribution in [0.1, 0.15) is 18.1 Å². The van der Waals surface area contributed by atoms with E-state index in [1.807, 2.05) is 0 Å². The Morgan fingerprint density at radius 2 is 1.21 bits per heavy atom. The van der Waals surface area contributed by atoms with Gasteiger partial charge in [0, 0.05) is 0 Å². The van der Waals surface area contributed by atoms with Gasteiger partial charge in [-0.25, -0.2) is 0 Å². The van der Waals surface area contributed by atoms with Crippen molar-refractivity contribution in [2.45, 2.75) is 30.9 Å². The van der Waals surface area contributed by atoms with E-state index in [1.165, 1.54) is 15.3 Å². The first-order valence-electron chi connectivity index (χ1n) is 6.73. The fourth-order valence-corrected chi connectivity index (χ4v) is 11.1. The molecule has 0 amide bonds. The van der Waals surface area contributed by atoms with E-state index >= 15 is 0 Å². The minimum atomic E-state index is -1.90. The zero-order valence-corrected chi connectivity index (χ0v) is 15.4. The standard InChI is InChI=1S/2C7H7.C3H8N.Bi/c2*1-7-5-3-2-4-6-7;1-3(2)4;/h2*3-6H,1H3;3H,1,4H2,2H3;. The Bertz CT molecular complexity index is 468. The Kier molecular flexibility index (Phi) is 5.13. The van der Waals surface area contributed by atoms with Crippen molar-refractivity contribution in [3.05, 3.63) is 59.7 Å². The first-order valence-corrected chi connectivity index (χ1v) is 12.7. The van der Waals surface area contributed by atoms with Crippen molar-refractivity contribution in [2.24, 2.45) is 5.73 Å². The van der Waals surface area contributed by atoms with Gasteiger partial charge in [-0.2, -0.15) is 0 Å². The van der Waals surface area contributed by atoms with Crippen LogP contribution in [0.15, 0.2) is 48.5 Å². The maximum absolute atomic E-state index is 6.08. The molecule has 0 saturated heterocycles. The minimum absolute atomic E-state index is 0.292. The summed E-state index contributed by atoms with van der Waals surface area (Å²) in [5.74, 6) is 0. The Morgan fingerprint density at radius 1 is 0.842 bits per heavy atom. The van der Waals surface area contributed by atoms with Crippen LogP contribution in [-0.4, -0.2) is 27.8 Å². The molecule has 1 atom stereocenters. The van der Waals surface area contributed by atoms with Crippen molar-refractivity contribution in [2.75, 3.05) is 0 Å². The summed E-state index contributed by atoms with van der Waals surface area (Å²) in [5, 5.41) is 0. The molecule has 2 heteroatoms. The summed E-state index contributed by atoms with van der Waals surface area (Å²) in [6, 6.07) is 18.5. The number of rotatable bonds is 4. The van der Waals surface area contributed by atoms with Gasteiger partial charge in [0.15, 0.2) is 0 Å². The Balaban J connectivity index is 2.35. The molecule has 2 rings (SSSR count). The van der Waals surface area contributed by atoms with E-state index in [2.05, 4.69) is 69.3 Å². The summed E-state index contributed by atoms with van der Waals surface area (Å²) in [5.41, 5.74) is 8.74. The Morgan fingerprint density at radius 3 is 1.53 bits per heavy atom. The second kappa shape index (κ2) is 6.63. The summed E-state index contributed by atoms with van der Waals surface area (Å²) < 4.78 is 4.30. The van der Waals surface area contributed by atoms with E-state index in [-0.39, 0.29) is 0 Å². The molecule has 1 unspecified atom stereocenters. The molecule has 0 aliphatic carbocycles. The molecule has 0 radical (unpaired) electrons. The van der Waals surface area contributed by atoms with Gasteiger partial charge in [0.2, 0.25) is 0 Å². The first kappa shape index (κ1) is 14.7. The van der Waals surface area contributed by atoms with Gasteiger partial charge in [0.25, 0.3) is 0 Å². The van der Waals surface area contributed by atoms with Crippen LogP contribution in [0.4, 0.5) is 0 Å². The molecule has 100 valence electrons. The average molecular weight is 449 g/mol. The van der Waals surface area contributed by atoms with Crippen molar-refractivity contribution in [1.82, 2.24) is 0 Å². The predicted octanol–water partition coefficient (Wildman–Crippen LogP) is 2.26. The zero-order valence-electron chi connectivity index (χ0n) is 11.9. The number of hydrogen-bond acceptors (Lipinski definition) is 1. The number of hydrogen-bond donors (Lipinski definition) is 1. The SMILES string of the molecule is Cc1cc[c]([Bi]([CH2]C(C)N)[c]2ccc(C)cc2)cc1. The van der Waals surface area contributed by atoms with Crippen LogP contribution >= 0.6 is 0 Å². The fourth-order valence-electron chi connectivity index (χ4n) is 2.10. The van der Waals surface area contributed by atoms with Crippen LogP contribution in [0, 0.1) is 13.8 Å². The quantitative estimate of drug-likeness (QED) is 0.713. The molecule has 2 N–H and O–H groups in total. The van der Waals surface area contributed by atoms with Gasteiger partial charge in [-0.05, 0) is 0 Å². The van der Waals surface area contributed by atoms with Crippen molar-refractivity contribution in [3.8, 4) is 0 Å². The van der Waals surface area contributed by atoms with Gasteiger partial charge in [0.05, 0.1) is 0 Å². The number of nitrogens with two attached hydrogens (primary N) is 1. The summed E-state index contributed by atoms with van der Waals surface area (Å²) in [6.07, 6.45) is 0. The van der Waals surface area contributed by atoms with E-state index in [4.69, 9.17) is 5.73 Å². The molecule has 0 aromatic heterocycles. The summed E-state index contributed by atoms with van der Waals surface area (Å²) in [6.45, 7) is 6.42. The molecule has 0 aliphatic rings. The van der Waals surface area contributed by atoms with Crippen LogP contribution in [0.2, 0.25) is 4.13 Å². The molecule has 0 saturated carbocycles. The summed E-state index contributed by atoms with van der Waals surface area (Å²) in [4.78, 5) is 0. The third-order valence-corrected chi connectivity index (χ3v) is 14.0. The van der Waals surface area contributed by atoms with Crippen molar-refractivity contribution < 1.29 is 0 Å². The Labute approximate surface area is 124 Å².